The number of para-hydroxylation sites is 1. The minimum absolute atomic E-state index is 0. The summed E-state index contributed by atoms with van der Waals surface area (Å²) in [6, 6.07) is 114. The molecule has 0 amide bonds. The summed E-state index contributed by atoms with van der Waals surface area (Å²) in [6.45, 7) is 4.44. The summed E-state index contributed by atoms with van der Waals surface area (Å²) in [7, 11) is 0. The number of imidazole rings is 2. The van der Waals surface area contributed by atoms with Crippen LogP contribution in [-0.4, -0.2) is 39.4 Å². The van der Waals surface area contributed by atoms with Gasteiger partial charge in [-0.05, 0) is 98.6 Å². The van der Waals surface area contributed by atoms with E-state index in [4.69, 9.17) is 4.99 Å². The van der Waals surface area contributed by atoms with Crippen molar-refractivity contribution in [2.45, 2.75) is 19.3 Å². The number of nitrogens with zero attached hydrogens (tertiary/aromatic N) is 8. The number of hydrogen-bond donors (Lipinski definition) is 0. The average molecular weight is 2320 g/mol. The van der Waals surface area contributed by atoms with Gasteiger partial charge in [-0.1, -0.05) is 111 Å². The van der Waals surface area contributed by atoms with Crippen LogP contribution >= 0.6 is 0 Å². The molecule has 6 radical (unpaired) electrons. The standard InChI is InChI=1S/C16H14N.2C15H10N.2C13H9N2.C11H8N.6Ir/c1-16(2)13-10-6-7-11-14(13)17-15(16)12-8-4-3-5-9-12;1-2-7-13(8-3-1)15-14-9-5-4-6-12(14)10-11-16-15;1-2-6-12(7-3-1)15-10-13-8-4-5-9-14(13)11-16-15;1-2-6-11(7-3-1)12-10-15-9-5-4-8-13(15)14-12;1-2-6-11(7-3-1)13-12-8-4-5-9-15(12)10-14-13;1-2-6-10(7-3-1)11-8-4-5-9-12-11;;;;;;/h3-8,10-11H,1-2H3;1-7,9-11H;1-6,8-11H;2*1-6,8-10H;1-6,8-9H;;;;;;/q6*-1;;;;;;. The van der Waals surface area contributed by atoms with Crippen LogP contribution < -0.4 is 0 Å². The van der Waals surface area contributed by atoms with Gasteiger partial charge < -0.3 is 23.8 Å². The number of fused-ring (bicyclic) bond motifs is 5. The fourth-order valence-corrected chi connectivity index (χ4v) is 10.5. The van der Waals surface area contributed by atoms with Crippen LogP contribution in [-0.2, 0) is 126 Å². The molecule has 0 fully saturated rings. The van der Waals surface area contributed by atoms with E-state index in [2.05, 4.69) is 136 Å². The Labute approximate surface area is 648 Å². The van der Waals surface area contributed by atoms with E-state index in [0.717, 1.165) is 84.4 Å². The van der Waals surface area contributed by atoms with Gasteiger partial charge in [-0.2, -0.15) is 0 Å². The van der Waals surface area contributed by atoms with Crippen LogP contribution in [0.5, 0.6) is 0 Å². The van der Waals surface area contributed by atoms with Gasteiger partial charge >= 0.3 is 0 Å². The molecule has 0 unspecified atom stereocenters. The first kappa shape index (κ1) is 77.9. The van der Waals surface area contributed by atoms with Gasteiger partial charge in [0, 0.05) is 174 Å². The zero-order chi connectivity index (χ0) is 61.9. The molecule has 17 rings (SSSR count). The van der Waals surface area contributed by atoms with Crippen molar-refractivity contribution in [3.63, 3.8) is 0 Å². The third-order valence-corrected chi connectivity index (χ3v) is 15.0. The van der Waals surface area contributed by atoms with Crippen molar-refractivity contribution in [3.8, 4) is 56.3 Å². The molecule has 0 saturated carbocycles. The minimum atomic E-state index is -0.0333. The van der Waals surface area contributed by atoms with Gasteiger partial charge in [0.25, 0.3) is 0 Å². The van der Waals surface area contributed by atoms with Crippen LogP contribution in [0.15, 0.2) is 334 Å². The van der Waals surface area contributed by atoms with Crippen LogP contribution in [0.25, 0.3) is 89.0 Å². The molecule has 16 aromatic rings. The zero-order valence-electron chi connectivity index (χ0n) is 52.3. The normalized spacial score (nSPS) is 10.8. The van der Waals surface area contributed by atoms with E-state index in [1.165, 1.54) is 27.1 Å². The molecule has 7 aromatic heterocycles. The Balaban J connectivity index is 0.000000182. The van der Waals surface area contributed by atoms with Crippen LogP contribution in [0.1, 0.15) is 25.0 Å². The Morgan fingerprint density at radius 1 is 0.351 bits per heavy atom. The van der Waals surface area contributed by atoms with Crippen LogP contribution in [0.2, 0.25) is 0 Å². The maximum atomic E-state index is 4.76. The molecule has 0 N–H and O–H groups in total. The summed E-state index contributed by atoms with van der Waals surface area (Å²) in [4.78, 5) is 26.8. The second-order valence-electron chi connectivity index (χ2n) is 21.5. The SMILES string of the molecule is CC1(C)C(c2[c-]cccc2)=Nc2ccccc21.[Ir].[Ir].[Ir].[Ir].[Ir].[Ir].[c-]1ccccc1-c1cc2ccccc2cn1.[c-]1ccccc1-c1ccccn1.[c-]1ccccc1-c1cn2ccccc2n1.[c-]1ccccc1-c1nccc2ccccc12.[c-]1ccccc1-c1ncn2ccccc12. The number of pyridine rings is 5. The van der Waals surface area contributed by atoms with E-state index in [1.807, 2.05) is 271 Å². The van der Waals surface area contributed by atoms with Gasteiger partial charge in [0.15, 0.2) is 0 Å². The van der Waals surface area contributed by atoms with Crippen molar-refractivity contribution < 1.29 is 121 Å². The maximum Gasteiger partial charge on any atom is 0.126 e. The monoisotopic (exact) mass is 2330 g/mol. The summed E-state index contributed by atoms with van der Waals surface area (Å²) in [5.41, 5.74) is 16.7. The van der Waals surface area contributed by atoms with Crippen molar-refractivity contribution in [2.24, 2.45) is 4.99 Å². The van der Waals surface area contributed by atoms with Gasteiger partial charge in [-0.25, -0.2) is 0 Å². The van der Waals surface area contributed by atoms with E-state index in [1.54, 1.807) is 6.20 Å². The second kappa shape index (κ2) is 39.3. The number of aliphatic imine (C=N–C) groups is 1. The summed E-state index contributed by atoms with van der Waals surface area (Å²) >= 11 is 0. The first-order chi connectivity index (χ1) is 44.9. The Hall–Kier alpha value is -8.10. The topological polar surface area (TPSA) is 85.6 Å². The molecule has 492 valence electrons. The Morgan fingerprint density at radius 2 is 0.845 bits per heavy atom. The van der Waals surface area contributed by atoms with Crippen LogP contribution in [0, 0.1) is 36.4 Å². The minimum Gasteiger partial charge on any atom is -0.316 e. The Morgan fingerprint density at radius 3 is 1.43 bits per heavy atom. The number of benzene rings is 9. The van der Waals surface area contributed by atoms with Crippen molar-refractivity contribution in [2.75, 3.05) is 0 Å². The first-order valence-electron chi connectivity index (χ1n) is 29.9. The van der Waals surface area contributed by atoms with Gasteiger partial charge in [-0.3, -0.25) is 15.0 Å². The number of hydrogen-bond acceptors (Lipinski definition) is 6. The molecule has 0 spiro atoms. The first-order valence-corrected chi connectivity index (χ1v) is 29.9. The summed E-state index contributed by atoms with van der Waals surface area (Å²) < 4.78 is 4.02. The van der Waals surface area contributed by atoms with Gasteiger partial charge in [0.1, 0.15) is 5.65 Å². The smallest absolute Gasteiger partial charge is 0.126 e. The Bertz CT molecular complexity index is 4880. The molecule has 97 heavy (non-hydrogen) atoms. The molecule has 8 heterocycles. The van der Waals surface area contributed by atoms with Gasteiger partial charge in [0.05, 0.1) is 12.0 Å². The fourth-order valence-electron chi connectivity index (χ4n) is 10.5. The second-order valence-corrected chi connectivity index (χ2v) is 21.5. The van der Waals surface area contributed by atoms with E-state index in [-0.39, 0.29) is 126 Å². The third kappa shape index (κ3) is 20.3. The quantitative estimate of drug-likeness (QED) is 0.155. The fraction of sp³-hybridized carbons (Fsp3) is 0.0361. The zero-order valence-corrected chi connectivity index (χ0v) is 66.6. The maximum absolute atomic E-state index is 4.76. The molecule has 1 aliphatic heterocycles. The summed E-state index contributed by atoms with van der Waals surface area (Å²) in [5.74, 6) is 0. The van der Waals surface area contributed by atoms with Crippen LogP contribution in [0.4, 0.5) is 5.69 Å². The van der Waals surface area contributed by atoms with Crippen LogP contribution in [0.3, 0.4) is 0 Å². The molecule has 0 saturated heterocycles. The molecule has 9 aromatic carbocycles. The molecule has 14 heteroatoms. The van der Waals surface area contributed by atoms with Crippen molar-refractivity contribution in [1.29, 1.82) is 0 Å². The summed E-state index contributed by atoms with van der Waals surface area (Å²) in [5, 5.41) is 4.77. The number of aromatic nitrogens is 7. The third-order valence-electron chi connectivity index (χ3n) is 15.0. The van der Waals surface area contributed by atoms with E-state index in [0.29, 0.717) is 0 Å². The van der Waals surface area contributed by atoms with Crippen molar-refractivity contribution >= 4 is 44.1 Å². The predicted molar refractivity (Wildman–Crippen MR) is 370 cm³/mol. The summed E-state index contributed by atoms with van der Waals surface area (Å²) in [6.07, 6.45) is 13.4. The molecule has 0 bridgehead atoms. The molecule has 8 nitrogen and oxygen atoms in total. The average Bonchev–Trinajstić information content (AvgIpc) is 1.64. The molecule has 0 atom stereocenters. The van der Waals surface area contributed by atoms with E-state index >= 15 is 0 Å². The van der Waals surface area contributed by atoms with Gasteiger partial charge in [-0.15, -0.1) is 215 Å². The Kier molecular flexibility index (Phi) is 31.6. The molecule has 0 aliphatic carbocycles. The number of rotatable bonds is 6. The largest absolute Gasteiger partial charge is 0.316 e. The molecular formula is C83H60Ir6N8-6. The molecule has 1 aliphatic rings. The van der Waals surface area contributed by atoms with Crippen molar-refractivity contribution in [3.05, 3.63) is 376 Å². The van der Waals surface area contributed by atoms with Crippen molar-refractivity contribution in [1.82, 2.24) is 33.7 Å². The van der Waals surface area contributed by atoms with E-state index < -0.39 is 0 Å². The van der Waals surface area contributed by atoms with Gasteiger partial charge in [0.2, 0.25) is 0 Å². The predicted octanol–water partition coefficient (Wildman–Crippen LogP) is 19.4. The van der Waals surface area contributed by atoms with E-state index in [9.17, 15) is 0 Å². The molecular weight excluding hydrogens is 2260 g/mol.